The van der Waals surface area contributed by atoms with Gasteiger partial charge in [-0.3, -0.25) is 4.79 Å². The Morgan fingerprint density at radius 1 is 1.17 bits per heavy atom. The monoisotopic (exact) mass is 318 g/mol. The summed E-state index contributed by atoms with van der Waals surface area (Å²) in [7, 11) is 3.99. The summed E-state index contributed by atoms with van der Waals surface area (Å²) in [6.45, 7) is 0. The van der Waals surface area contributed by atoms with Gasteiger partial charge < -0.3 is 19.7 Å². The number of hydrogen-bond acceptors (Lipinski definition) is 5. The van der Waals surface area contributed by atoms with Crippen LogP contribution in [-0.2, 0) is 19.1 Å². The Hall–Kier alpha value is -2.83. The van der Waals surface area contributed by atoms with Crippen molar-refractivity contribution in [3.05, 3.63) is 47.2 Å². The van der Waals surface area contributed by atoms with E-state index in [1.54, 1.807) is 24.3 Å². The average Bonchev–Trinajstić information content (AvgIpc) is 2.58. The summed E-state index contributed by atoms with van der Waals surface area (Å²) in [5.74, 6) is -1.15. The zero-order valence-corrected chi connectivity index (χ0v) is 13.2. The Morgan fingerprint density at radius 3 is 2.39 bits per heavy atom. The number of hydrogen-bond donors (Lipinski definition) is 1. The molecular formula is C16H18N2O5. The minimum atomic E-state index is -0.688. The second kappa shape index (κ2) is 6.95. The van der Waals surface area contributed by atoms with Gasteiger partial charge in [-0.25, -0.2) is 9.59 Å². The van der Waals surface area contributed by atoms with Crippen LogP contribution in [0.15, 0.2) is 41.6 Å². The molecule has 0 saturated carbocycles. The summed E-state index contributed by atoms with van der Waals surface area (Å²) in [6.07, 6.45) is -0.200. The van der Waals surface area contributed by atoms with E-state index >= 15 is 0 Å². The summed E-state index contributed by atoms with van der Waals surface area (Å²) in [6, 6.07) is 7.90. The Morgan fingerprint density at radius 2 is 1.83 bits per heavy atom. The Kier molecular flexibility index (Phi) is 5.00. The predicted octanol–water partition coefficient (Wildman–Crippen LogP) is 1.37. The molecule has 0 saturated heterocycles. The summed E-state index contributed by atoms with van der Waals surface area (Å²) in [5, 5.41) is 2.75. The van der Waals surface area contributed by atoms with Gasteiger partial charge in [0.2, 0.25) is 0 Å². The molecule has 0 bridgehead atoms. The molecule has 0 radical (unpaired) electrons. The van der Waals surface area contributed by atoms with Crippen molar-refractivity contribution in [1.29, 1.82) is 0 Å². The third-order valence-corrected chi connectivity index (χ3v) is 3.65. The zero-order valence-electron chi connectivity index (χ0n) is 13.2. The van der Waals surface area contributed by atoms with Gasteiger partial charge in [0, 0.05) is 12.7 Å². The fourth-order valence-corrected chi connectivity index (χ4v) is 2.43. The van der Waals surface area contributed by atoms with Crippen LogP contribution >= 0.6 is 0 Å². The van der Waals surface area contributed by atoms with Gasteiger partial charge in [0.1, 0.15) is 0 Å². The molecule has 23 heavy (non-hydrogen) atoms. The molecule has 2 rings (SSSR count). The van der Waals surface area contributed by atoms with E-state index in [9.17, 15) is 14.4 Å². The van der Waals surface area contributed by atoms with E-state index in [1.165, 1.54) is 26.2 Å². The molecule has 0 unspecified atom stereocenters. The number of benzene rings is 1. The normalized spacial score (nSPS) is 17.6. The number of carbonyl (C=O) groups is 3. The van der Waals surface area contributed by atoms with Crippen molar-refractivity contribution in [2.75, 3.05) is 21.3 Å². The second-order valence-corrected chi connectivity index (χ2v) is 4.96. The number of nitrogens with zero attached hydrogens (tertiary/aromatic N) is 1. The number of rotatable bonds is 4. The Balaban J connectivity index is 2.58. The smallest absolute Gasteiger partial charge is 0.338 e. The van der Waals surface area contributed by atoms with Gasteiger partial charge in [-0.15, -0.1) is 0 Å². The van der Waals surface area contributed by atoms with E-state index in [2.05, 4.69) is 10.1 Å². The van der Waals surface area contributed by atoms with Gasteiger partial charge >= 0.3 is 18.0 Å². The average molecular weight is 318 g/mol. The number of ether oxygens (including phenoxy) is 2. The fraction of sp³-hybridized carbons (Fsp3) is 0.312. The lowest BCUT2D eigenvalue weighted by molar-refractivity contribution is -0.140. The summed E-state index contributed by atoms with van der Waals surface area (Å²) < 4.78 is 9.50. The number of methoxy groups -OCH3 is 2. The predicted molar refractivity (Wildman–Crippen MR) is 81.2 cm³/mol. The SMILES string of the molecule is COC(=O)CC1=C(C(=O)OC)[C@@H](c2ccccc2)NC(=O)N1C. The molecule has 1 aromatic carbocycles. The van der Waals surface area contributed by atoms with Crippen molar-refractivity contribution in [3.63, 3.8) is 0 Å². The molecule has 0 aliphatic carbocycles. The highest BCUT2D eigenvalue weighted by atomic mass is 16.5. The van der Waals surface area contributed by atoms with Crippen LogP contribution in [-0.4, -0.2) is 44.1 Å². The van der Waals surface area contributed by atoms with Crippen LogP contribution in [0.5, 0.6) is 0 Å². The van der Waals surface area contributed by atoms with Gasteiger partial charge in [-0.1, -0.05) is 30.3 Å². The minimum Gasteiger partial charge on any atom is -0.469 e. The minimum absolute atomic E-state index is 0.200. The molecule has 1 N–H and O–H groups in total. The van der Waals surface area contributed by atoms with Crippen LogP contribution in [0, 0.1) is 0 Å². The topological polar surface area (TPSA) is 84.9 Å². The maximum atomic E-state index is 12.3. The molecule has 1 atom stereocenters. The van der Waals surface area contributed by atoms with Crippen molar-refractivity contribution in [3.8, 4) is 0 Å². The highest BCUT2D eigenvalue weighted by Crippen LogP contribution is 2.32. The first kappa shape index (κ1) is 16.5. The van der Waals surface area contributed by atoms with Crippen molar-refractivity contribution >= 4 is 18.0 Å². The van der Waals surface area contributed by atoms with Crippen LogP contribution in [0.2, 0.25) is 0 Å². The number of esters is 2. The first-order chi connectivity index (χ1) is 11.0. The molecule has 122 valence electrons. The van der Waals surface area contributed by atoms with E-state index in [0.29, 0.717) is 0 Å². The summed E-state index contributed by atoms with van der Waals surface area (Å²) in [4.78, 5) is 37.4. The number of urea groups is 1. The van der Waals surface area contributed by atoms with Crippen molar-refractivity contribution in [2.45, 2.75) is 12.5 Å². The molecule has 0 spiro atoms. The lowest BCUT2D eigenvalue weighted by Crippen LogP contribution is -2.47. The molecule has 1 heterocycles. The highest BCUT2D eigenvalue weighted by Gasteiger charge is 2.37. The molecule has 1 aliphatic rings. The van der Waals surface area contributed by atoms with E-state index in [0.717, 1.165) is 5.56 Å². The molecule has 7 nitrogen and oxygen atoms in total. The largest absolute Gasteiger partial charge is 0.469 e. The van der Waals surface area contributed by atoms with E-state index < -0.39 is 24.0 Å². The maximum Gasteiger partial charge on any atom is 0.338 e. The van der Waals surface area contributed by atoms with Gasteiger partial charge in [0.25, 0.3) is 0 Å². The van der Waals surface area contributed by atoms with Gasteiger partial charge in [-0.2, -0.15) is 0 Å². The first-order valence-corrected chi connectivity index (χ1v) is 6.97. The number of amides is 2. The summed E-state index contributed by atoms with van der Waals surface area (Å²) in [5.41, 5.74) is 1.20. The number of nitrogens with one attached hydrogen (secondary N) is 1. The molecule has 1 aromatic rings. The first-order valence-electron chi connectivity index (χ1n) is 6.97. The van der Waals surface area contributed by atoms with Gasteiger partial charge in [0.15, 0.2) is 0 Å². The van der Waals surface area contributed by atoms with E-state index in [-0.39, 0.29) is 17.7 Å². The maximum absolute atomic E-state index is 12.3. The van der Waals surface area contributed by atoms with E-state index in [1.807, 2.05) is 6.07 Å². The third-order valence-electron chi connectivity index (χ3n) is 3.65. The van der Waals surface area contributed by atoms with Crippen LogP contribution in [0.25, 0.3) is 0 Å². The van der Waals surface area contributed by atoms with Gasteiger partial charge in [0.05, 0.1) is 32.3 Å². The second-order valence-electron chi connectivity index (χ2n) is 4.96. The highest BCUT2D eigenvalue weighted by molar-refractivity contribution is 5.96. The van der Waals surface area contributed by atoms with Crippen LogP contribution < -0.4 is 5.32 Å². The lowest BCUT2D eigenvalue weighted by atomic mass is 9.93. The fourth-order valence-electron chi connectivity index (χ4n) is 2.43. The zero-order chi connectivity index (χ0) is 17.0. The van der Waals surface area contributed by atoms with Crippen molar-refractivity contribution in [1.82, 2.24) is 10.2 Å². The van der Waals surface area contributed by atoms with E-state index in [4.69, 9.17) is 4.74 Å². The molecule has 1 aliphatic heterocycles. The Labute approximate surface area is 133 Å². The molecule has 2 amide bonds. The van der Waals surface area contributed by atoms with Crippen LogP contribution in [0.3, 0.4) is 0 Å². The molecule has 0 aromatic heterocycles. The summed E-state index contributed by atoms with van der Waals surface area (Å²) >= 11 is 0. The Bertz CT molecular complexity index is 654. The van der Waals surface area contributed by atoms with Crippen molar-refractivity contribution < 1.29 is 23.9 Å². The molecule has 0 fully saturated rings. The standard InChI is InChI=1S/C16H18N2O5/c1-18-11(9-12(19)22-2)13(15(20)23-3)14(17-16(18)21)10-7-5-4-6-8-10/h4-8,14H,9H2,1-3H3,(H,17,21)/t14-/m1/s1. The van der Waals surface area contributed by atoms with Gasteiger partial charge in [-0.05, 0) is 5.56 Å². The van der Waals surface area contributed by atoms with Crippen LogP contribution in [0.1, 0.15) is 18.0 Å². The quantitative estimate of drug-likeness (QED) is 0.848. The third kappa shape index (κ3) is 3.33. The molecule has 7 heteroatoms. The van der Waals surface area contributed by atoms with Crippen LogP contribution in [0.4, 0.5) is 4.79 Å². The molecular weight excluding hydrogens is 300 g/mol. The van der Waals surface area contributed by atoms with Crippen molar-refractivity contribution in [2.24, 2.45) is 0 Å². The lowest BCUT2D eigenvalue weighted by Gasteiger charge is -2.34. The number of carbonyl (C=O) groups excluding carboxylic acids is 3.